The maximum absolute atomic E-state index is 14.9. The average Bonchev–Trinajstić information content (AvgIpc) is 3.90. The number of unbranched alkanes of at least 4 members (excludes halogenated alkanes) is 2. The zero-order chi connectivity index (χ0) is 53.1. The fraction of sp³-hybridized carbons (Fsp3) is 0.442. The Morgan fingerprint density at radius 3 is 2.15 bits per heavy atom. The lowest BCUT2D eigenvalue weighted by atomic mass is 9.86. The molecule has 392 valence electrons. The second-order valence-electron chi connectivity index (χ2n) is 19.1. The maximum atomic E-state index is 14.9. The summed E-state index contributed by atoms with van der Waals surface area (Å²) in [4.78, 5) is 93.4. The lowest BCUT2D eigenvalue weighted by molar-refractivity contribution is -0.137. The molecule has 1 aliphatic rings. The first-order chi connectivity index (χ1) is 34.8. The molecule has 3 atom stereocenters. The van der Waals surface area contributed by atoms with E-state index in [-0.39, 0.29) is 80.2 Å². The number of urea groups is 1. The number of imide groups is 1. The number of halogens is 2. The van der Waals surface area contributed by atoms with Crippen LogP contribution in [-0.4, -0.2) is 99.6 Å². The number of hydrogen-bond acceptors (Lipinski definition) is 11. The number of benzene rings is 3. The molecule has 1 aliphatic heterocycles. The number of amides is 8. The second-order valence-corrected chi connectivity index (χ2v) is 19.1. The third-order valence-corrected chi connectivity index (χ3v) is 11.8. The number of nitrogens with two attached hydrogens (primary N) is 1. The van der Waals surface area contributed by atoms with Crippen LogP contribution < -0.4 is 37.6 Å². The summed E-state index contributed by atoms with van der Waals surface area (Å²) in [5, 5.41) is 21.7. The quantitative estimate of drug-likeness (QED) is 0.0279. The standard InChI is InChI=1S/C52H67F2N11O8/c1-33(2)44(61-41(66)17-10-7-11-29-64-42(67)24-25-43(64)68)49(70)60-40(16-12-26-57-50(55)71)48(69)59-37-21-18-35(19-22-37)32-73-51(72)58-28-13-27-56-45(52(3,4)5)47-62-46(38-30-36(53)20-23-39(38)54)63-65(47)31-34-14-8-6-9-15-34/h6,8-9,14-15,18-25,30,33,40,44-45,56H,7,10-13,16-17,26-29,31-32H2,1-5H3,(H,58,72)(H,59,69)(H,60,70)(H,61,66)(H3,55,57,71). The van der Waals surface area contributed by atoms with Crippen molar-refractivity contribution in [1.29, 1.82) is 0 Å². The van der Waals surface area contributed by atoms with Crippen molar-refractivity contribution in [2.45, 2.75) is 111 Å². The fourth-order valence-corrected chi connectivity index (χ4v) is 7.86. The van der Waals surface area contributed by atoms with E-state index in [1.807, 2.05) is 51.1 Å². The molecule has 8 N–H and O–H groups in total. The molecule has 5 rings (SSSR count). The van der Waals surface area contributed by atoms with Crippen LogP contribution in [0.2, 0.25) is 0 Å². The summed E-state index contributed by atoms with van der Waals surface area (Å²) < 4.78 is 36.2. The molecule has 0 spiro atoms. The zero-order valence-corrected chi connectivity index (χ0v) is 42.0. The summed E-state index contributed by atoms with van der Waals surface area (Å²) in [5.41, 5.74) is 6.74. The lowest BCUT2D eigenvalue weighted by Crippen LogP contribution is -2.54. The van der Waals surface area contributed by atoms with E-state index < -0.39 is 53.1 Å². The first kappa shape index (κ1) is 56.4. The van der Waals surface area contributed by atoms with Crippen LogP contribution in [-0.2, 0) is 41.9 Å². The van der Waals surface area contributed by atoms with E-state index in [9.17, 15) is 42.3 Å². The van der Waals surface area contributed by atoms with E-state index in [1.165, 1.54) is 12.2 Å². The van der Waals surface area contributed by atoms with E-state index in [0.29, 0.717) is 62.3 Å². The Labute approximate surface area is 423 Å². The predicted octanol–water partition coefficient (Wildman–Crippen LogP) is 5.76. The van der Waals surface area contributed by atoms with Gasteiger partial charge >= 0.3 is 12.1 Å². The first-order valence-corrected chi connectivity index (χ1v) is 24.4. The monoisotopic (exact) mass is 1010 g/mol. The highest BCUT2D eigenvalue weighted by Crippen LogP contribution is 2.34. The lowest BCUT2D eigenvalue weighted by Gasteiger charge is -2.31. The van der Waals surface area contributed by atoms with E-state index in [0.717, 1.165) is 28.7 Å². The van der Waals surface area contributed by atoms with E-state index >= 15 is 0 Å². The molecule has 0 bridgehead atoms. The van der Waals surface area contributed by atoms with E-state index in [1.54, 1.807) is 42.8 Å². The highest BCUT2D eigenvalue weighted by atomic mass is 19.1. The fourth-order valence-electron chi connectivity index (χ4n) is 7.86. The highest BCUT2D eigenvalue weighted by Gasteiger charge is 2.32. The molecule has 2 heterocycles. The van der Waals surface area contributed by atoms with E-state index in [4.69, 9.17) is 15.5 Å². The second kappa shape index (κ2) is 27.3. The minimum Gasteiger partial charge on any atom is -0.445 e. The van der Waals surface area contributed by atoms with Gasteiger partial charge in [-0.2, -0.15) is 5.10 Å². The van der Waals surface area contributed by atoms with Crippen LogP contribution in [0.25, 0.3) is 11.4 Å². The maximum Gasteiger partial charge on any atom is 0.407 e. The molecule has 8 amide bonds. The molecule has 0 saturated carbocycles. The van der Waals surface area contributed by atoms with Crippen LogP contribution in [0.5, 0.6) is 0 Å². The summed E-state index contributed by atoms with van der Waals surface area (Å²) in [7, 11) is 0. The number of nitrogens with zero attached hydrogens (tertiary/aromatic N) is 4. The summed E-state index contributed by atoms with van der Waals surface area (Å²) in [5.74, 6) is -3.18. The molecule has 19 nitrogen and oxygen atoms in total. The van der Waals surface area contributed by atoms with E-state index in [2.05, 4.69) is 37.0 Å². The normalized spacial score (nSPS) is 13.6. The minimum absolute atomic E-state index is 0.0436. The summed E-state index contributed by atoms with van der Waals surface area (Å²) in [6.07, 6.45) is 4.41. The van der Waals surface area contributed by atoms with Crippen molar-refractivity contribution in [2.75, 3.05) is 31.5 Å². The number of ether oxygens (including phenoxy) is 1. The van der Waals surface area contributed by atoms with Gasteiger partial charge < -0.3 is 42.4 Å². The molecule has 4 aromatic rings. The molecule has 0 saturated heterocycles. The van der Waals surface area contributed by atoms with Gasteiger partial charge in [-0.1, -0.05) is 83.5 Å². The summed E-state index contributed by atoms with van der Waals surface area (Å²) >= 11 is 0. The van der Waals surface area contributed by atoms with Crippen LogP contribution >= 0.6 is 0 Å². The van der Waals surface area contributed by atoms with Crippen molar-refractivity contribution in [2.24, 2.45) is 17.1 Å². The van der Waals surface area contributed by atoms with Gasteiger partial charge in [0.1, 0.15) is 36.1 Å². The van der Waals surface area contributed by atoms with Gasteiger partial charge in [-0.25, -0.2) is 28.0 Å². The molecule has 3 unspecified atom stereocenters. The van der Waals surface area contributed by atoms with Gasteiger partial charge in [0.05, 0.1) is 18.2 Å². The molecule has 0 aliphatic carbocycles. The van der Waals surface area contributed by atoms with Crippen LogP contribution in [0.15, 0.2) is 84.9 Å². The Hall–Kier alpha value is -7.55. The molecular weight excluding hydrogens is 945 g/mol. The van der Waals surface area contributed by atoms with Gasteiger partial charge in [0.25, 0.3) is 11.8 Å². The van der Waals surface area contributed by atoms with Gasteiger partial charge in [-0.3, -0.25) is 28.9 Å². The van der Waals surface area contributed by atoms with Crippen molar-refractivity contribution < 1.29 is 47.1 Å². The zero-order valence-electron chi connectivity index (χ0n) is 42.0. The Kier molecular flexibility index (Phi) is 21.1. The Morgan fingerprint density at radius 1 is 0.781 bits per heavy atom. The molecule has 73 heavy (non-hydrogen) atoms. The number of anilines is 1. The van der Waals surface area contributed by atoms with Crippen molar-refractivity contribution in [1.82, 2.24) is 46.2 Å². The van der Waals surface area contributed by atoms with Crippen LogP contribution in [0.1, 0.15) is 103 Å². The minimum atomic E-state index is -1.06. The molecule has 0 radical (unpaired) electrons. The topological polar surface area (TPSA) is 261 Å². The molecule has 21 heteroatoms. The number of hydrogen-bond donors (Lipinski definition) is 7. The number of carbonyl (C=O) groups is 7. The Balaban J connectivity index is 1.09. The Bertz CT molecular complexity index is 2550. The highest BCUT2D eigenvalue weighted by molar-refractivity contribution is 6.12. The molecular formula is C52H67F2N11O8. The number of primary amides is 1. The smallest absolute Gasteiger partial charge is 0.407 e. The van der Waals surface area contributed by atoms with Crippen LogP contribution in [0, 0.1) is 23.0 Å². The van der Waals surface area contributed by atoms with Gasteiger partial charge in [-0.15, -0.1) is 0 Å². The number of alkyl carbamates (subject to hydrolysis) is 1. The number of carbonyl (C=O) groups excluding carboxylic acids is 7. The third-order valence-electron chi connectivity index (χ3n) is 11.8. The van der Waals surface area contributed by atoms with Crippen LogP contribution in [0.3, 0.4) is 0 Å². The molecule has 3 aromatic carbocycles. The molecule has 0 fully saturated rings. The average molecular weight is 1010 g/mol. The van der Waals surface area contributed by atoms with Crippen molar-refractivity contribution >= 4 is 47.3 Å². The number of aromatic nitrogens is 3. The Morgan fingerprint density at radius 2 is 1.48 bits per heavy atom. The van der Waals surface area contributed by atoms with Gasteiger partial charge in [0.15, 0.2) is 5.82 Å². The summed E-state index contributed by atoms with van der Waals surface area (Å²) in [6.45, 7) is 11.0. The van der Waals surface area contributed by atoms with Gasteiger partial charge in [-0.05, 0) is 91.4 Å². The van der Waals surface area contributed by atoms with Crippen molar-refractivity contribution in [3.8, 4) is 11.4 Å². The van der Waals surface area contributed by atoms with Gasteiger partial charge in [0.2, 0.25) is 17.7 Å². The van der Waals surface area contributed by atoms with Crippen molar-refractivity contribution in [3.05, 3.63) is 114 Å². The number of rotatable bonds is 27. The number of nitrogens with one attached hydrogen (secondary N) is 6. The van der Waals surface area contributed by atoms with Crippen molar-refractivity contribution in [3.63, 3.8) is 0 Å². The van der Waals surface area contributed by atoms with Crippen LogP contribution in [0.4, 0.5) is 24.1 Å². The largest absolute Gasteiger partial charge is 0.445 e. The predicted molar refractivity (Wildman–Crippen MR) is 269 cm³/mol. The third kappa shape index (κ3) is 17.9. The molecule has 1 aromatic heterocycles. The summed E-state index contributed by atoms with van der Waals surface area (Å²) in [6, 6.07) is 16.2. The van der Waals surface area contributed by atoms with Gasteiger partial charge in [0, 0.05) is 43.9 Å². The SMILES string of the molecule is CC(C)C(NC(=O)CCCCCN1C(=O)C=CC1=O)C(=O)NC(CCCNC(N)=O)C(=O)Nc1ccc(COC(=O)NCCCNC(c2nc(-c3cc(F)ccc3F)nn2Cc2ccccc2)C(C)(C)C)cc1. The first-order valence-electron chi connectivity index (χ1n) is 24.4.